The van der Waals surface area contributed by atoms with Crippen LogP contribution in [0.3, 0.4) is 0 Å². The second kappa shape index (κ2) is 7.43. The van der Waals surface area contributed by atoms with Crippen LogP contribution in [0.4, 0.5) is 23.1 Å². The molecule has 146 valence electrons. The van der Waals surface area contributed by atoms with E-state index in [-0.39, 0.29) is 0 Å². The minimum atomic E-state index is 0.743. The van der Waals surface area contributed by atoms with Gasteiger partial charge in [0.2, 0.25) is 5.95 Å². The van der Waals surface area contributed by atoms with Crippen LogP contribution in [0.1, 0.15) is 0 Å². The highest BCUT2D eigenvalue weighted by molar-refractivity contribution is 5.89. The zero-order valence-corrected chi connectivity index (χ0v) is 16.4. The van der Waals surface area contributed by atoms with Crippen molar-refractivity contribution < 1.29 is 0 Å². The summed E-state index contributed by atoms with van der Waals surface area (Å²) in [5.74, 6) is 1.53. The van der Waals surface area contributed by atoms with Crippen LogP contribution < -0.4 is 15.1 Å². The van der Waals surface area contributed by atoms with E-state index in [1.165, 1.54) is 5.69 Å². The normalized spacial score (nSPS) is 14.4. The fraction of sp³-hybridized carbons (Fsp3) is 0.227. The standard InChI is InChI=1S/C22H23N7/c1-27-21-19(16-23-27)20(24-17-8-4-2-5-9-17)25-22(26-21)29-14-12-28(13-15-29)18-10-6-3-7-11-18/h2-11,16H,12-15H2,1H3,(H,24,25,26). The number of nitrogens with one attached hydrogen (secondary N) is 1. The van der Waals surface area contributed by atoms with Crippen LogP contribution in [-0.2, 0) is 7.05 Å². The van der Waals surface area contributed by atoms with Crippen molar-refractivity contribution in [2.24, 2.45) is 7.05 Å². The van der Waals surface area contributed by atoms with Gasteiger partial charge in [0, 0.05) is 44.6 Å². The van der Waals surface area contributed by atoms with Crippen molar-refractivity contribution in [3.63, 3.8) is 0 Å². The van der Waals surface area contributed by atoms with Gasteiger partial charge < -0.3 is 15.1 Å². The lowest BCUT2D eigenvalue weighted by atomic mass is 10.2. The lowest BCUT2D eigenvalue weighted by molar-refractivity contribution is 0.640. The largest absolute Gasteiger partial charge is 0.368 e. The first-order valence-corrected chi connectivity index (χ1v) is 9.85. The molecule has 7 nitrogen and oxygen atoms in total. The minimum Gasteiger partial charge on any atom is -0.368 e. The van der Waals surface area contributed by atoms with E-state index in [2.05, 4.69) is 50.5 Å². The number of para-hydroxylation sites is 2. The number of aromatic nitrogens is 4. The van der Waals surface area contributed by atoms with Gasteiger partial charge in [0.1, 0.15) is 5.82 Å². The van der Waals surface area contributed by atoms with Crippen LogP contribution in [0.15, 0.2) is 66.9 Å². The van der Waals surface area contributed by atoms with Crippen molar-refractivity contribution in [3.8, 4) is 0 Å². The number of benzene rings is 2. The first-order chi connectivity index (χ1) is 14.3. The molecular weight excluding hydrogens is 362 g/mol. The third kappa shape index (κ3) is 3.47. The predicted molar refractivity (Wildman–Crippen MR) is 117 cm³/mol. The third-order valence-electron chi connectivity index (χ3n) is 5.30. The predicted octanol–water partition coefficient (Wildman–Crippen LogP) is 3.43. The average Bonchev–Trinajstić information content (AvgIpc) is 3.16. The van der Waals surface area contributed by atoms with E-state index >= 15 is 0 Å². The van der Waals surface area contributed by atoms with Crippen LogP contribution in [0.5, 0.6) is 0 Å². The van der Waals surface area contributed by atoms with E-state index in [0.717, 1.165) is 54.7 Å². The molecule has 3 heterocycles. The molecule has 1 N–H and O–H groups in total. The van der Waals surface area contributed by atoms with Crippen molar-refractivity contribution >= 4 is 34.2 Å². The molecule has 0 radical (unpaired) electrons. The fourth-order valence-electron chi connectivity index (χ4n) is 3.71. The monoisotopic (exact) mass is 385 g/mol. The number of aryl methyl sites for hydroxylation is 1. The molecule has 7 heteroatoms. The van der Waals surface area contributed by atoms with E-state index in [1.54, 1.807) is 4.68 Å². The minimum absolute atomic E-state index is 0.743. The summed E-state index contributed by atoms with van der Waals surface area (Å²) in [4.78, 5) is 14.3. The summed E-state index contributed by atoms with van der Waals surface area (Å²) in [7, 11) is 1.92. The molecule has 0 amide bonds. The molecule has 2 aromatic heterocycles. The van der Waals surface area contributed by atoms with E-state index in [1.807, 2.05) is 43.6 Å². The van der Waals surface area contributed by atoms with Crippen molar-refractivity contribution in [2.45, 2.75) is 0 Å². The van der Waals surface area contributed by atoms with Crippen LogP contribution in [0, 0.1) is 0 Å². The molecule has 0 atom stereocenters. The molecule has 2 aromatic carbocycles. The topological polar surface area (TPSA) is 62.1 Å². The van der Waals surface area contributed by atoms with Gasteiger partial charge in [-0.25, -0.2) is 0 Å². The van der Waals surface area contributed by atoms with Crippen molar-refractivity contribution in [3.05, 3.63) is 66.9 Å². The van der Waals surface area contributed by atoms with Crippen LogP contribution in [0.2, 0.25) is 0 Å². The van der Waals surface area contributed by atoms with Crippen LogP contribution in [0.25, 0.3) is 11.0 Å². The van der Waals surface area contributed by atoms with E-state index in [9.17, 15) is 0 Å². The molecule has 1 saturated heterocycles. The molecule has 0 spiro atoms. The maximum Gasteiger partial charge on any atom is 0.229 e. The Morgan fingerprint density at radius 3 is 2.17 bits per heavy atom. The molecule has 0 aliphatic carbocycles. The van der Waals surface area contributed by atoms with E-state index in [4.69, 9.17) is 9.97 Å². The van der Waals surface area contributed by atoms with Gasteiger partial charge in [0.15, 0.2) is 5.65 Å². The summed E-state index contributed by atoms with van der Waals surface area (Å²) in [5.41, 5.74) is 3.09. The number of nitrogens with zero attached hydrogens (tertiary/aromatic N) is 6. The summed E-state index contributed by atoms with van der Waals surface area (Å²) >= 11 is 0. The lowest BCUT2D eigenvalue weighted by Gasteiger charge is -2.36. The summed E-state index contributed by atoms with van der Waals surface area (Å²) in [6.45, 7) is 3.64. The van der Waals surface area contributed by atoms with Crippen molar-refractivity contribution in [1.82, 2.24) is 19.7 Å². The first kappa shape index (κ1) is 17.5. The van der Waals surface area contributed by atoms with Gasteiger partial charge in [0.05, 0.1) is 11.6 Å². The van der Waals surface area contributed by atoms with Gasteiger partial charge >= 0.3 is 0 Å². The van der Waals surface area contributed by atoms with Gasteiger partial charge in [0.25, 0.3) is 0 Å². The maximum atomic E-state index is 4.86. The second-order valence-electron chi connectivity index (χ2n) is 7.18. The lowest BCUT2D eigenvalue weighted by Crippen LogP contribution is -2.47. The smallest absolute Gasteiger partial charge is 0.229 e. The highest BCUT2D eigenvalue weighted by atomic mass is 15.4. The number of hydrogen-bond acceptors (Lipinski definition) is 6. The van der Waals surface area contributed by atoms with Crippen molar-refractivity contribution in [2.75, 3.05) is 41.3 Å². The fourth-order valence-corrected chi connectivity index (χ4v) is 3.71. The average molecular weight is 385 g/mol. The Morgan fingerprint density at radius 2 is 1.45 bits per heavy atom. The van der Waals surface area contributed by atoms with E-state index in [0.29, 0.717) is 0 Å². The summed E-state index contributed by atoms with van der Waals surface area (Å²) in [5, 5.41) is 8.74. The molecule has 4 aromatic rings. The molecular formula is C22H23N7. The van der Waals surface area contributed by atoms with Crippen LogP contribution >= 0.6 is 0 Å². The van der Waals surface area contributed by atoms with Crippen LogP contribution in [-0.4, -0.2) is 45.9 Å². The Labute approximate surface area is 169 Å². The highest BCUT2D eigenvalue weighted by Crippen LogP contribution is 2.27. The maximum absolute atomic E-state index is 4.86. The molecule has 29 heavy (non-hydrogen) atoms. The zero-order valence-electron chi connectivity index (χ0n) is 16.4. The van der Waals surface area contributed by atoms with Gasteiger partial charge in [-0.05, 0) is 24.3 Å². The first-order valence-electron chi connectivity index (χ1n) is 9.85. The Morgan fingerprint density at radius 1 is 0.793 bits per heavy atom. The van der Waals surface area contributed by atoms with E-state index < -0.39 is 0 Å². The number of hydrogen-bond donors (Lipinski definition) is 1. The molecule has 1 fully saturated rings. The van der Waals surface area contributed by atoms with Gasteiger partial charge in [-0.1, -0.05) is 36.4 Å². The van der Waals surface area contributed by atoms with Gasteiger partial charge in [-0.2, -0.15) is 15.1 Å². The quantitative estimate of drug-likeness (QED) is 0.581. The molecule has 0 bridgehead atoms. The Hall–Kier alpha value is -3.61. The highest BCUT2D eigenvalue weighted by Gasteiger charge is 2.21. The zero-order chi connectivity index (χ0) is 19.6. The molecule has 0 saturated carbocycles. The van der Waals surface area contributed by atoms with Gasteiger partial charge in [-0.15, -0.1) is 0 Å². The molecule has 1 aliphatic rings. The van der Waals surface area contributed by atoms with Gasteiger partial charge in [-0.3, -0.25) is 4.68 Å². The van der Waals surface area contributed by atoms with Crippen molar-refractivity contribution in [1.29, 1.82) is 0 Å². The number of fused-ring (bicyclic) bond motifs is 1. The third-order valence-corrected chi connectivity index (χ3v) is 5.30. The molecule has 0 unspecified atom stereocenters. The summed E-state index contributed by atoms with van der Waals surface area (Å²) in [6, 6.07) is 20.6. The molecule has 5 rings (SSSR count). The Kier molecular flexibility index (Phi) is 4.48. The second-order valence-corrected chi connectivity index (χ2v) is 7.18. The summed E-state index contributed by atoms with van der Waals surface area (Å²) < 4.78 is 1.80. The SMILES string of the molecule is Cn1ncc2c(Nc3ccccc3)nc(N3CCN(c4ccccc4)CC3)nc21. The Bertz CT molecular complexity index is 1100. The molecule has 1 aliphatic heterocycles. The Balaban J connectivity index is 1.42. The number of anilines is 4. The summed E-state index contributed by atoms with van der Waals surface area (Å²) in [6.07, 6.45) is 1.82. The number of piperazine rings is 1. The number of rotatable bonds is 4.